The van der Waals surface area contributed by atoms with Crippen molar-refractivity contribution in [2.45, 2.75) is 46.1 Å². The lowest BCUT2D eigenvalue weighted by Crippen LogP contribution is -2.44. The number of hydrogen-bond acceptors (Lipinski definition) is 5. The van der Waals surface area contributed by atoms with E-state index < -0.39 is 17.5 Å². The average molecular weight is 299 g/mol. The topological polar surface area (TPSA) is 72.9 Å². The van der Waals surface area contributed by atoms with Gasteiger partial charge in [-0.1, -0.05) is 0 Å². The number of rotatable bonds is 3. The van der Waals surface area contributed by atoms with Gasteiger partial charge in [0.15, 0.2) is 0 Å². The summed E-state index contributed by atoms with van der Waals surface area (Å²) in [6.07, 6.45) is 0.758. The van der Waals surface area contributed by atoms with E-state index >= 15 is 0 Å². The van der Waals surface area contributed by atoms with Crippen LogP contribution in [0.25, 0.3) is 0 Å². The van der Waals surface area contributed by atoms with Crippen molar-refractivity contribution in [1.29, 1.82) is 0 Å². The van der Waals surface area contributed by atoms with Crippen LogP contribution in [0.1, 0.15) is 40.5 Å². The molecule has 1 amide bonds. The first-order chi connectivity index (χ1) is 9.65. The predicted molar refractivity (Wildman–Crippen MR) is 76.7 cm³/mol. The van der Waals surface area contributed by atoms with Gasteiger partial charge in [0.25, 0.3) is 0 Å². The summed E-state index contributed by atoms with van der Waals surface area (Å²) in [7, 11) is 1.28. The Bertz CT molecular complexity index is 405. The summed E-state index contributed by atoms with van der Waals surface area (Å²) in [6.45, 7) is 7.96. The third kappa shape index (κ3) is 5.02. The Labute approximate surface area is 125 Å². The molecule has 0 radical (unpaired) electrons. The van der Waals surface area contributed by atoms with Crippen LogP contribution in [0.3, 0.4) is 0 Å². The lowest BCUT2D eigenvalue weighted by atomic mass is 9.86. The predicted octanol–water partition coefficient (Wildman–Crippen LogP) is 2.01. The van der Waals surface area contributed by atoms with Gasteiger partial charge in [0, 0.05) is 19.0 Å². The van der Waals surface area contributed by atoms with E-state index in [-0.39, 0.29) is 17.8 Å². The molecule has 1 heterocycles. The fourth-order valence-corrected chi connectivity index (χ4v) is 2.32. The number of ether oxygens (including phenoxy) is 2. The summed E-state index contributed by atoms with van der Waals surface area (Å²) in [5.74, 6) is -1.55. The number of likely N-dealkylation sites (tertiary alicyclic amines) is 1. The van der Waals surface area contributed by atoms with Crippen molar-refractivity contribution in [3.8, 4) is 0 Å². The number of nitrogens with zero attached hydrogens (tertiary/aromatic N) is 1. The number of piperidine rings is 1. The molecule has 1 aliphatic heterocycles. The fourth-order valence-electron chi connectivity index (χ4n) is 2.32. The maximum atomic E-state index is 12.2. The van der Waals surface area contributed by atoms with Crippen LogP contribution in [-0.2, 0) is 19.1 Å². The number of hydrogen-bond donors (Lipinski definition) is 0. The smallest absolute Gasteiger partial charge is 0.410 e. The van der Waals surface area contributed by atoms with Crippen LogP contribution in [0.4, 0.5) is 4.79 Å². The van der Waals surface area contributed by atoms with Crippen molar-refractivity contribution in [1.82, 2.24) is 4.90 Å². The van der Waals surface area contributed by atoms with Gasteiger partial charge < -0.3 is 14.4 Å². The molecule has 1 unspecified atom stereocenters. The summed E-state index contributed by atoms with van der Waals surface area (Å²) < 4.78 is 9.90. The Morgan fingerprint density at radius 3 is 2.10 bits per heavy atom. The Morgan fingerprint density at radius 2 is 1.67 bits per heavy atom. The first-order valence-corrected chi connectivity index (χ1v) is 7.25. The highest BCUT2D eigenvalue weighted by atomic mass is 16.6. The van der Waals surface area contributed by atoms with Gasteiger partial charge in [-0.2, -0.15) is 0 Å². The standard InChI is InChI=1S/C15H25NO5/c1-10(13(18)20-5)12(17)11-6-8-16(9-7-11)14(19)21-15(2,3)4/h10-11H,6-9H2,1-5H3. The first-order valence-electron chi connectivity index (χ1n) is 7.25. The monoisotopic (exact) mass is 299 g/mol. The van der Waals surface area contributed by atoms with Crippen LogP contribution < -0.4 is 0 Å². The number of carbonyl (C=O) groups excluding carboxylic acids is 3. The zero-order chi connectivity index (χ0) is 16.2. The quantitative estimate of drug-likeness (QED) is 0.589. The Kier molecular flexibility index (Phi) is 5.75. The van der Waals surface area contributed by atoms with E-state index in [9.17, 15) is 14.4 Å². The van der Waals surface area contributed by atoms with E-state index in [1.807, 2.05) is 20.8 Å². The number of ketones is 1. The van der Waals surface area contributed by atoms with Crippen LogP contribution in [-0.4, -0.2) is 48.5 Å². The molecule has 1 saturated heterocycles. The fraction of sp³-hybridized carbons (Fsp3) is 0.800. The number of methoxy groups -OCH3 is 1. The number of Topliss-reactive ketones (excluding diaryl/α,β-unsaturated/α-hetero) is 1. The second-order valence-corrected chi connectivity index (χ2v) is 6.39. The third-order valence-electron chi connectivity index (χ3n) is 3.53. The highest BCUT2D eigenvalue weighted by molar-refractivity contribution is 5.99. The Balaban J connectivity index is 2.50. The van der Waals surface area contributed by atoms with Crippen LogP contribution in [0.5, 0.6) is 0 Å². The normalized spacial score (nSPS) is 18.0. The minimum absolute atomic E-state index is 0.106. The second-order valence-electron chi connectivity index (χ2n) is 6.39. The molecular formula is C15H25NO5. The van der Waals surface area contributed by atoms with Gasteiger partial charge in [-0.25, -0.2) is 4.79 Å². The van der Waals surface area contributed by atoms with Gasteiger partial charge in [0.1, 0.15) is 17.3 Å². The van der Waals surface area contributed by atoms with Crippen LogP contribution >= 0.6 is 0 Å². The summed E-state index contributed by atoms with van der Waals surface area (Å²) >= 11 is 0. The highest BCUT2D eigenvalue weighted by Crippen LogP contribution is 2.23. The van der Waals surface area contributed by atoms with E-state index in [1.165, 1.54) is 7.11 Å². The maximum absolute atomic E-state index is 12.2. The summed E-state index contributed by atoms with van der Waals surface area (Å²) in [4.78, 5) is 37.1. The lowest BCUT2D eigenvalue weighted by molar-refractivity contribution is -0.150. The van der Waals surface area contributed by atoms with E-state index in [2.05, 4.69) is 4.74 Å². The highest BCUT2D eigenvalue weighted by Gasteiger charge is 2.34. The van der Waals surface area contributed by atoms with Gasteiger partial charge in [-0.3, -0.25) is 9.59 Å². The van der Waals surface area contributed by atoms with Crippen LogP contribution in [0.2, 0.25) is 0 Å². The van der Waals surface area contributed by atoms with Gasteiger partial charge in [-0.05, 0) is 40.5 Å². The molecule has 120 valence electrons. The zero-order valence-electron chi connectivity index (χ0n) is 13.5. The molecule has 1 aliphatic rings. The van der Waals surface area contributed by atoms with E-state index in [0.29, 0.717) is 25.9 Å². The Morgan fingerprint density at radius 1 is 1.14 bits per heavy atom. The minimum atomic E-state index is -0.743. The number of amides is 1. The molecule has 1 fully saturated rings. The van der Waals surface area contributed by atoms with E-state index in [1.54, 1.807) is 11.8 Å². The molecule has 6 nitrogen and oxygen atoms in total. The molecule has 0 N–H and O–H groups in total. The van der Waals surface area contributed by atoms with Gasteiger partial charge in [-0.15, -0.1) is 0 Å². The zero-order valence-corrected chi connectivity index (χ0v) is 13.5. The second kappa shape index (κ2) is 6.91. The third-order valence-corrected chi connectivity index (χ3v) is 3.53. The van der Waals surface area contributed by atoms with E-state index in [0.717, 1.165) is 0 Å². The molecule has 0 aromatic rings. The van der Waals surface area contributed by atoms with Crippen LogP contribution in [0, 0.1) is 11.8 Å². The molecule has 1 rings (SSSR count). The first kappa shape index (κ1) is 17.5. The van der Waals surface area contributed by atoms with E-state index in [4.69, 9.17) is 4.74 Å². The molecule has 1 atom stereocenters. The van der Waals surface area contributed by atoms with Crippen molar-refractivity contribution in [3.05, 3.63) is 0 Å². The molecule has 0 aromatic heterocycles. The van der Waals surface area contributed by atoms with Crippen molar-refractivity contribution in [3.63, 3.8) is 0 Å². The molecule has 21 heavy (non-hydrogen) atoms. The molecule has 0 bridgehead atoms. The average Bonchev–Trinajstić information content (AvgIpc) is 2.43. The van der Waals surface area contributed by atoms with Crippen molar-refractivity contribution >= 4 is 17.8 Å². The molecule has 0 aliphatic carbocycles. The summed E-state index contributed by atoms with van der Waals surface area (Å²) in [5, 5.41) is 0. The Hall–Kier alpha value is -1.59. The largest absolute Gasteiger partial charge is 0.468 e. The molecule has 6 heteroatoms. The molecule has 0 saturated carbocycles. The number of carbonyl (C=O) groups is 3. The summed E-state index contributed by atoms with van der Waals surface area (Å²) in [6, 6.07) is 0. The molecular weight excluding hydrogens is 274 g/mol. The number of esters is 1. The maximum Gasteiger partial charge on any atom is 0.410 e. The van der Waals surface area contributed by atoms with Crippen molar-refractivity contribution in [2.75, 3.05) is 20.2 Å². The molecule has 0 spiro atoms. The van der Waals surface area contributed by atoms with Gasteiger partial charge in [0.05, 0.1) is 7.11 Å². The van der Waals surface area contributed by atoms with Gasteiger partial charge >= 0.3 is 12.1 Å². The minimum Gasteiger partial charge on any atom is -0.468 e. The van der Waals surface area contributed by atoms with Gasteiger partial charge in [0.2, 0.25) is 0 Å². The summed E-state index contributed by atoms with van der Waals surface area (Å²) in [5.41, 5.74) is -0.525. The van der Waals surface area contributed by atoms with Crippen molar-refractivity contribution < 1.29 is 23.9 Å². The SMILES string of the molecule is COC(=O)C(C)C(=O)C1CCN(C(=O)OC(C)(C)C)CC1. The molecule has 0 aromatic carbocycles. The van der Waals surface area contributed by atoms with Crippen LogP contribution in [0.15, 0.2) is 0 Å². The van der Waals surface area contributed by atoms with Crippen molar-refractivity contribution in [2.24, 2.45) is 11.8 Å². The lowest BCUT2D eigenvalue weighted by Gasteiger charge is -2.33.